The zero-order valence-corrected chi connectivity index (χ0v) is 21.9. The van der Waals surface area contributed by atoms with Crippen molar-refractivity contribution in [2.75, 3.05) is 44.4 Å². The van der Waals surface area contributed by atoms with Crippen molar-refractivity contribution in [2.24, 2.45) is 0 Å². The Kier molecular flexibility index (Phi) is 8.60. The summed E-state index contributed by atoms with van der Waals surface area (Å²) >= 11 is 0. The van der Waals surface area contributed by atoms with Crippen LogP contribution in [0.15, 0.2) is 24.4 Å². The molecule has 196 valence electrons. The van der Waals surface area contributed by atoms with Gasteiger partial charge in [-0.2, -0.15) is 10.1 Å². The molecule has 0 bridgehead atoms. The minimum absolute atomic E-state index is 0.0862. The Morgan fingerprint density at radius 1 is 1.28 bits per heavy atom. The molecule has 3 heterocycles. The first-order valence-electron chi connectivity index (χ1n) is 12.9. The zero-order valence-electron chi connectivity index (χ0n) is 21.9. The summed E-state index contributed by atoms with van der Waals surface area (Å²) in [6.07, 6.45) is 4.26. The molecule has 1 aromatic carbocycles. The summed E-state index contributed by atoms with van der Waals surface area (Å²) < 4.78 is 7.70. The number of nitrogen functional groups attached to an aromatic ring is 1. The van der Waals surface area contributed by atoms with Crippen LogP contribution in [-0.2, 0) is 6.54 Å². The molecule has 0 saturated carbocycles. The van der Waals surface area contributed by atoms with Crippen LogP contribution in [0.25, 0.3) is 11.0 Å². The van der Waals surface area contributed by atoms with Gasteiger partial charge in [0.15, 0.2) is 5.82 Å². The fraction of sp³-hybridized carbons (Fsp3) is 0.577. The van der Waals surface area contributed by atoms with E-state index in [1.165, 1.54) is 5.56 Å². The average molecular weight is 497 g/mol. The van der Waals surface area contributed by atoms with Crippen LogP contribution in [0.2, 0.25) is 0 Å². The molecule has 0 amide bonds. The number of aliphatic hydroxyl groups is 1. The van der Waals surface area contributed by atoms with E-state index in [2.05, 4.69) is 69.6 Å². The van der Waals surface area contributed by atoms with Gasteiger partial charge in [-0.05, 0) is 38.3 Å². The van der Waals surface area contributed by atoms with E-state index in [-0.39, 0.29) is 24.6 Å². The number of aliphatic hydroxyl groups excluding tert-OH is 1. The maximum atomic E-state index is 9.50. The van der Waals surface area contributed by atoms with E-state index >= 15 is 0 Å². The highest BCUT2D eigenvalue weighted by Gasteiger charge is 2.23. The van der Waals surface area contributed by atoms with Crippen LogP contribution in [0.1, 0.15) is 57.2 Å². The van der Waals surface area contributed by atoms with Crippen molar-refractivity contribution < 1.29 is 9.84 Å². The van der Waals surface area contributed by atoms with Crippen LogP contribution < -0.4 is 21.1 Å². The van der Waals surface area contributed by atoms with Crippen LogP contribution in [-0.4, -0.2) is 75.2 Å². The lowest BCUT2D eigenvalue weighted by atomic mass is 10.0. The molecule has 10 heteroatoms. The maximum Gasteiger partial charge on any atom is 0.222 e. The molecule has 2 unspecified atom stereocenters. The molecular formula is C26H40N8O2. The Bertz CT molecular complexity index is 1140. The molecule has 0 aliphatic carbocycles. The second-order valence-electron chi connectivity index (χ2n) is 9.78. The standard InChI is InChI=1S/C26H40N8O2/c1-5-6-20(9-12-35)30-25-24-21(31-26(27)32-25)14-29-34(24)15-19-8-7-18(13-23(19)36-4)22-16-33(17(2)3)11-10-28-22/h7-8,13-14,17,20,22,28,35H,5-6,9-12,15-16H2,1-4H3,(H3,27,30,31,32). The first kappa shape index (κ1) is 26.1. The molecule has 10 nitrogen and oxygen atoms in total. The van der Waals surface area contributed by atoms with Gasteiger partial charge in [0.1, 0.15) is 16.8 Å². The minimum Gasteiger partial charge on any atom is -0.496 e. The second kappa shape index (κ2) is 11.9. The monoisotopic (exact) mass is 496 g/mol. The van der Waals surface area contributed by atoms with E-state index in [1.807, 2.05) is 4.68 Å². The van der Waals surface area contributed by atoms with Crippen molar-refractivity contribution in [2.45, 2.75) is 64.7 Å². The first-order valence-corrected chi connectivity index (χ1v) is 12.9. The van der Waals surface area contributed by atoms with Gasteiger partial charge in [0.2, 0.25) is 5.95 Å². The van der Waals surface area contributed by atoms with Gasteiger partial charge in [0.25, 0.3) is 0 Å². The Balaban J connectivity index is 1.62. The summed E-state index contributed by atoms with van der Waals surface area (Å²) in [7, 11) is 1.71. The number of benzene rings is 1. The molecule has 1 aliphatic rings. The van der Waals surface area contributed by atoms with Crippen LogP contribution >= 0.6 is 0 Å². The highest BCUT2D eigenvalue weighted by Crippen LogP contribution is 2.29. The maximum absolute atomic E-state index is 9.50. The Labute approximate surface area is 213 Å². The Morgan fingerprint density at radius 2 is 2.11 bits per heavy atom. The van der Waals surface area contributed by atoms with E-state index in [0.717, 1.165) is 49.3 Å². The molecule has 2 atom stereocenters. The molecule has 0 spiro atoms. The summed E-state index contributed by atoms with van der Waals surface area (Å²) in [5.74, 6) is 1.66. The van der Waals surface area contributed by atoms with Gasteiger partial charge in [0.05, 0.1) is 19.9 Å². The number of nitrogens with two attached hydrogens (primary N) is 1. The largest absolute Gasteiger partial charge is 0.496 e. The second-order valence-corrected chi connectivity index (χ2v) is 9.78. The molecule has 36 heavy (non-hydrogen) atoms. The van der Waals surface area contributed by atoms with E-state index in [9.17, 15) is 5.11 Å². The third-order valence-corrected chi connectivity index (χ3v) is 6.93. The van der Waals surface area contributed by atoms with Gasteiger partial charge in [0, 0.05) is 49.9 Å². The predicted octanol–water partition coefficient (Wildman–Crippen LogP) is 2.78. The molecule has 1 fully saturated rings. The quantitative estimate of drug-likeness (QED) is 0.317. The Morgan fingerprint density at radius 3 is 2.83 bits per heavy atom. The smallest absolute Gasteiger partial charge is 0.222 e. The number of piperazine rings is 1. The predicted molar refractivity (Wildman–Crippen MR) is 143 cm³/mol. The molecule has 0 radical (unpaired) electrons. The number of hydrogen-bond donors (Lipinski definition) is 4. The molecule has 3 aromatic rings. The SMILES string of the molecule is CCCC(CCO)Nc1nc(N)nc2cnn(Cc3ccc(C4CN(C(C)C)CCN4)cc3OC)c12. The lowest BCUT2D eigenvalue weighted by Crippen LogP contribution is -2.48. The fourth-order valence-corrected chi connectivity index (χ4v) is 4.96. The molecule has 1 aliphatic heterocycles. The fourth-order valence-electron chi connectivity index (χ4n) is 4.96. The molecule has 5 N–H and O–H groups in total. The molecular weight excluding hydrogens is 456 g/mol. The number of ether oxygens (including phenoxy) is 1. The first-order chi connectivity index (χ1) is 17.4. The normalized spacial score (nSPS) is 17.6. The van der Waals surface area contributed by atoms with E-state index in [4.69, 9.17) is 10.5 Å². The number of methoxy groups -OCH3 is 1. The zero-order chi connectivity index (χ0) is 25.7. The summed E-state index contributed by atoms with van der Waals surface area (Å²) in [6, 6.07) is 7.31. The van der Waals surface area contributed by atoms with Crippen molar-refractivity contribution in [3.05, 3.63) is 35.5 Å². The van der Waals surface area contributed by atoms with Crippen LogP contribution in [0, 0.1) is 0 Å². The number of rotatable bonds is 11. The van der Waals surface area contributed by atoms with Crippen molar-refractivity contribution in [1.82, 2.24) is 30.0 Å². The van der Waals surface area contributed by atoms with E-state index in [1.54, 1.807) is 13.3 Å². The van der Waals surface area contributed by atoms with E-state index in [0.29, 0.717) is 30.3 Å². The van der Waals surface area contributed by atoms with Crippen molar-refractivity contribution in [3.8, 4) is 5.75 Å². The average Bonchev–Trinajstić information content (AvgIpc) is 3.27. The van der Waals surface area contributed by atoms with Crippen molar-refractivity contribution in [1.29, 1.82) is 0 Å². The van der Waals surface area contributed by atoms with Gasteiger partial charge in [-0.25, -0.2) is 4.98 Å². The number of anilines is 2. The number of fused-ring (bicyclic) bond motifs is 1. The third kappa shape index (κ3) is 5.88. The lowest BCUT2D eigenvalue weighted by molar-refractivity contribution is 0.162. The van der Waals surface area contributed by atoms with Gasteiger partial charge in [-0.15, -0.1) is 0 Å². The van der Waals surface area contributed by atoms with Crippen molar-refractivity contribution in [3.63, 3.8) is 0 Å². The lowest BCUT2D eigenvalue weighted by Gasteiger charge is -2.36. The minimum atomic E-state index is 0.0862. The summed E-state index contributed by atoms with van der Waals surface area (Å²) in [4.78, 5) is 11.4. The molecule has 1 saturated heterocycles. The topological polar surface area (TPSA) is 126 Å². The summed E-state index contributed by atoms with van der Waals surface area (Å²) in [5.41, 5.74) is 9.70. The number of nitrogens with zero attached hydrogens (tertiary/aromatic N) is 5. The molecule has 4 rings (SSSR count). The highest BCUT2D eigenvalue weighted by molar-refractivity contribution is 5.86. The van der Waals surface area contributed by atoms with Gasteiger partial charge in [-0.3, -0.25) is 9.58 Å². The highest BCUT2D eigenvalue weighted by atomic mass is 16.5. The van der Waals surface area contributed by atoms with Crippen LogP contribution in [0.4, 0.5) is 11.8 Å². The van der Waals surface area contributed by atoms with Gasteiger partial charge in [-0.1, -0.05) is 25.5 Å². The van der Waals surface area contributed by atoms with Crippen LogP contribution in [0.5, 0.6) is 5.75 Å². The van der Waals surface area contributed by atoms with Crippen molar-refractivity contribution >= 4 is 22.8 Å². The van der Waals surface area contributed by atoms with Gasteiger partial charge >= 0.3 is 0 Å². The van der Waals surface area contributed by atoms with Crippen LogP contribution in [0.3, 0.4) is 0 Å². The number of aromatic nitrogens is 4. The Hall–Kier alpha value is -2.95. The molecule has 2 aromatic heterocycles. The third-order valence-electron chi connectivity index (χ3n) is 6.93. The van der Waals surface area contributed by atoms with E-state index < -0.39 is 0 Å². The summed E-state index contributed by atoms with van der Waals surface area (Å²) in [6.45, 7) is 10.2. The summed E-state index contributed by atoms with van der Waals surface area (Å²) in [5, 5.41) is 21.2. The van der Waals surface area contributed by atoms with Gasteiger partial charge < -0.3 is 26.2 Å². The number of nitrogens with one attached hydrogen (secondary N) is 2. The number of hydrogen-bond acceptors (Lipinski definition) is 9.